The number of methoxy groups -OCH3 is 2. The summed E-state index contributed by atoms with van der Waals surface area (Å²) in [4.78, 5) is 0. The van der Waals surface area contributed by atoms with Crippen molar-refractivity contribution in [3.05, 3.63) is 45.0 Å². The lowest BCUT2D eigenvalue weighted by molar-refractivity contribution is 0.351. The van der Waals surface area contributed by atoms with Gasteiger partial charge in [-0.1, -0.05) is 23.9 Å². The first-order valence-electron chi connectivity index (χ1n) is 6.27. The highest BCUT2D eigenvalue weighted by Gasteiger charge is 2.33. The fourth-order valence-corrected chi connectivity index (χ4v) is 3.13. The molecule has 1 aliphatic heterocycles. The van der Waals surface area contributed by atoms with Gasteiger partial charge in [-0.05, 0) is 6.07 Å². The Morgan fingerprint density at radius 3 is 2.09 bits per heavy atom. The van der Waals surface area contributed by atoms with Gasteiger partial charge in [0.15, 0.2) is 11.5 Å². The van der Waals surface area contributed by atoms with E-state index in [1.165, 1.54) is 14.2 Å². The van der Waals surface area contributed by atoms with E-state index in [0.29, 0.717) is 17.1 Å². The highest BCUT2D eigenvalue weighted by molar-refractivity contribution is 8.06. The molecule has 6 nitrogen and oxygen atoms in total. The summed E-state index contributed by atoms with van der Waals surface area (Å²) in [7, 11) is 3.01. The van der Waals surface area contributed by atoms with Gasteiger partial charge in [-0.15, -0.1) is 0 Å². The van der Waals surface area contributed by atoms with Crippen molar-refractivity contribution in [1.82, 2.24) is 0 Å². The zero-order valence-corrected chi connectivity index (χ0v) is 12.9. The smallest absolute Gasteiger partial charge is 0.164 e. The van der Waals surface area contributed by atoms with Crippen molar-refractivity contribution in [1.29, 1.82) is 10.5 Å². The SMILES string of the molecule is COc1cccc(C2C(C#N)=C(N)SC(N)=C2C#N)c1OC. The van der Waals surface area contributed by atoms with E-state index in [1.807, 2.05) is 0 Å². The normalized spacial score (nSPS) is 15.3. The molecule has 0 saturated heterocycles. The second kappa shape index (κ2) is 6.33. The van der Waals surface area contributed by atoms with E-state index < -0.39 is 5.92 Å². The molecular formula is C15H14N4O2S. The molecule has 0 radical (unpaired) electrons. The first kappa shape index (κ1) is 15.6. The van der Waals surface area contributed by atoms with E-state index in [-0.39, 0.29) is 21.2 Å². The Labute approximate surface area is 132 Å². The standard InChI is InChI=1S/C15H14N4O2S/c1-20-11-5-3-4-8(13(11)21-2)12-9(6-16)14(18)22-15(19)10(12)7-17/h3-5,12H,18-19H2,1-2H3. The van der Waals surface area contributed by atoms with Crippen LogP contribution in [0.5, 0.6) is 11.5 Å². The maximum absolute atomic E-state index is 9.44. The second-order valence-electron chi connectivity index (χ2n) is 4.40. The van der Waals surface area contributed by atoms with Gasteiger partial charge in [0.25, 0.3) is 0 Å². The summed E-state index contributed by atoms with van der Waals surface area (Å²) in [6, 6.07) is 9.40. The molecule has 2 rings (SSSR count). The fourth-order valence-electron chi connectivity index (χ4n) is 2.35. The molecule has 22 heavy (non-hydrogen) atoms. The largest absolute Gasteiger partial charge is 0.493 e. The molecule has 0 spiro atoms. The van der Waals surface area contributed by atoms with E-state index in [0.717, 1.165) is 11.8 Å². The number of nitrogens with two attached hydrogens (primary N) is 2. The van der Waals surface area contributed by atoms with Gasteiger partial charge in [-0.2, -0.15) is 10.5 Å². The molecule has 112 valence electrons. The minimum Gasteiger partial charge on any atom is -0.493 e. The van der Waals surface area contributed by atoms with Crippen LogP contribution in [0.1, 0.15) is 11.5 Å². The first-order chi connectivity index (χ1) is 10.6. The van der Waals surface area contributed by atoms with Crippen LogP contribution >= 0.6 is 11.8 Å². The number of allylic oxidation sites excluding steroid dienone is 2. The van der Waals surface area contributed by atoms with Crippen LogP contribution in [0.2, 0.25) is 0 Å². The number of nitriles is 2. The third-order valence-corrected chi connectivity index (χ3v) is 4.19. The summed E-state index contributed by atoms with van der Waals surface area (Å²) < 4.78 is 10.7. The van der Waals surface area contributed by atoms with Crippen molar-refractivity contribution in [3.63, 3.8) is 0 Å². The van der Waals surface area contributed by atoms with Crippen molar-refractivity contribution in [2.75, 3.05) is 14.2 Å². The molecule has 1 aromatic rings. The van der Waals surface area contributed by atoms with E-state index in [1.54, 1.807) is 18.2 Å². The van der Waals surface area contributed by atoms with E-state index in [4.69, 9.17) is 20.9 Å². The molecule has 0 unspecified atom stereocenters. The van der Waals surface area contributed by atoms with Crippen LogP contribution in [0.4, 0.5) is 0 Å². The van der Waals surface area contributed by atoms with Gasteiger partial charge in [-0.25, -0.2) is 0 Å². The first-order valence-corrected chi connectivity index (χ1v) is 7.08. The molecule has 0 fully saturated rings. The lowest BCUT2D eigenvalue weighted by Crippen LogP contribution is -2.19. The highest BCUT2D eigenvalue weighted by Crippen LogP contribution is 2.47. The van der Waals surface area contributed by atoms with Gasteiger partial charge >= 0.3 is 0 Å². The lowest BCUT2D eigenvalue weighted by atomic mass is 9.85. The third kappa shape index (κ3) is 2.43. The number of hydrogen-bond donors (Lipinski definition) is 2. The molecule has 1 heterocycles. The molecule has 1 aliphatic rings. The average Bonchev–Trinajstić information content (AvgIpc) is 2.53. The predicted octanol–water partition coefficient (Wildman–Crippen LogP) is 1.92. The number of para-hydroxylation sites is 1. The van der Waals surface area contributed by atoms with Crippen LogP contribution in [0.25, 0.3) is 0 Å². The number of rotatable bonds is 3. The van der Waals surface area contributed by atoms with Crippen molar-refractivity contribution < 1.29 is 9.47 Å². The summed E-state index contributed by atoms with van der Waals surface area (Å²) in [5, 5.41) is 19.4. The lowest BCUT2D eigenvalue weighted by Gasteiger charge is -2.25. The highest BCUT2D eigenvalue weighted by atomic mass is 32.2. The van der Waals surface area contributed by atoms with Gasteiger partial charge in [0.05, 0.1) is 53.5 Å². The Morgan fingerprint density at radius 1 is 1.05 bits per heavy atom. The van der Waals surface area contributed by atoms with Crippen molar-refractivity contribution >= 4 is 11.8 Å². The van der Waals surface area contributed by atoms with Crippen LogP contribution in [0.3, 0.4) is 0 Å². The fraction of sp³-hybridized carbons (Fsp3) is 0.200. The minimum atomic E-state index is -0.665. The van der Waals surface area contributed by atoms with Crippen molar-refractivity contribution in [2.45, 2.75) is 5.92 Å². The van der Waals surface area contributed by atoms with Crippen LogP contribution in [0, 0.1) is 22.7 Å². The third-order valence-electron chi connectivity index (χ3n) is 3.31. The Balaban J connectivity index is 2.75. The van der Waals surface area contributed by atoms with Gasteiger partial charge < -0.3 is 20.9 Å². The predicted molar refractivity (Wildman–Crippen MR) is 83.5 cm³/mol. The Morgan fingerprint density at radius 2 is 1.64 bits per heavy atom. The summed E-state index contributed by atoms with van der Waals surface area (Å²) >= 11 is 1.03. The monoisotopic (exact) mass is 314 g/mol. The number of ether oxygens (including phenoxy) is 2. The topological polar surface area (TPSA) is 118 Å². The zero-order chi connectivity index (χ0) is 16.3. The summed E-state index contributed by atoms with van der Waals surface area (Å²) in [5.41, 5.74) is 13.0. The Bertz CT molecular complexity index is 720. The van der Waals surface area contributed by atoms with Gasteiger partial charge in [0, 0.05) is 5.56 Å². The minimum absolute atomic E-state index is 0.280. The Kier molecular flexibility index (Phi) is 4.50. The molecule has 0 atom stereocenters. The van der Waals surface area contributed by atoms with Crippen LogP contribution < -0.4 is 20.9 Å². The van der Waals surface area contributed by atoms with Crippen LogP contribution in [0.15, 0.2) is 39.4 Å². The van der Waals surface area contributed by atoms with Crippen LogP contribution in [-0.4, -0.2) is 14.2 Å². The number of nitrogens with zero attached hydrogens (tertiary/aromatic N) is 2. The molecule has 0 aromatic heterocycles. The molecule has 0 aliphatic carbocycles. The zero-order valence-electron chi connectivity index (χ0n) is 12.1. The Hall–Kier alpha value is -2.77. The number of benzene rings is 1. The maximum atomic E-state index is 9.44. The average molecular weight is 314 g/mol. The molecule has 7 heteroatoms. The van der Waals surface area contributed by atoms with E-state index in [2.05, 4.69) is 12.1 Å². The second-order valence-corrected chi connectivity index (χ2v) is 5.48. The number of thioether (sulfide) groups is 1. The summed E-state index contributed by atoms with van der Waals surface area (Å²) in [6.07, 6.45) is 0. The van der Waals surface area contributed by atoms with Crippen LogP contribution in [-0.2, 0) is 0 Å². The quantitative estimate of drug-likeness (QED) is 0.874. The van der Waals surface area contributed by atoms with Gasteiger partial charge in [-0.3, -0.25) is 0 Å². The molecule has 0 bridgehead atoms. The summed E-state index contributed by atoms with van der Waals surface area (Å²) in [5.74, 6) is 0.286. The molecule has 1 aromatic carbocycles. The van der Waals surface area contributed by atoms with Crippen molar-refractivity contribution in [3.8, 4) is 23.6 Å². The molecule has 4 N–H and O–H groups in total. The van der Waals surface area contributed by atoms with E-state index in [9.17, 15) is 10.5 Å². The molecule has 0 amide bonds. The van der Waals surface area contributed by atoms with Crippen molar-refractivity contribution in [2.24, 2.45) is 11.5 Å². The van der Waals surface area contributed by atoms with E-state index >= 15 is 0 Å². The van der Waals surface area contributed by atoms with Gasteiger partial charge in [0.1, 0.15) is 0 Å². The molecule has 0 saturated carbocycles. The molecular weight excluding hydrogens is 300 g/mol. The maximum Gasteiger partial charge on any atom is 0.164 e. The number of hydrogen-bond acceptors (Lipinski definition) is 7. The van der Waals surface area contributed by atoms with Gasteiger partial charge in [0.2, 0.25) is 0 Å². The summed E-state index contributed by atoms with van der Waals surface area (Å²) in [6.45, 7) is 0.